The molecule has 1 aliphatic carbocycles. The maximum absolute atomic E-state index is 15.1. The van der Waals surface area contributed by atoms with Crippen molar-refractivity contribution < 1.29 is 22.0 Å². The van der Waals surface area contributed by atoms with Crippen LogP contribution in [0.15, 0.2) is 39.9 Å². The summed E-state index contributed by atoms with van der Waals surface area (Å²) in [5.41, 5.74) is 0.149. The van der Waals surface area contributed by atoms with Gasteiger partial charge in [0.1, 0.15) is 17.6 Å². The Hall–Kier alpha value is -1.76. The Kier molecular flexibility index (Phi) is 4.61. The number of aliphatic imine (C=N–C) groups is 1. The zero-order valence-electron chi connectivity index (χ0n) is 14.0. The first-order chi connectivity index (χ1) is 12.8. The second-order valence-corrected chi connectivity index (χ2v) is 9.71. The lowest BCUT2D eigenvalue weighted by Crippen LogP contribution is -2.43. The molecule has 1 fully saturated rings. The van der Waals surface area contributed by atoms with Crippen LogP contribution < -0.4 is 10.0 Å². The fourth-order valence-electron chi connectivity index (χ4n) is 2.79. The molecule has 0 saturated heterocycles. The maximum Gasteiger partial charge on any atom is 0.236 e. The summed E-state index contributed by atoms with van der Waals surface area (Å²) in [6, 6.07) is 3.58. The van der Waals surface area contributed by atoms with Crippen LogP contribution in [0.3, 0.4) is 0 Å². The van der Waals surface area contributed by atoms with Crippen LogP contribution in [0.25, 0.3) is 0 Å². The zero-order valence-corrected chi connectivity index (χ0v) is 17.0. The number of sulfonamides is 1. The average Bonchev–Trinajstić information content (AvgIpc) is 3.39. The molecule has 7 nitrogen and oxygen atoms in total. The van der Waals surface area contributed by atoms with Crippen LogP contribution in [-0.2, 0) is 14.9 Å². The van der Waals surface area contributed by atoms with Crippen molar-refractivity contribution in [3.63, 3.8) is 0 Å². The number of rotatable bonds is 4. The van der Waals surface area contributed by atoms with Crippen LogP contribution in [0.1, 0.15) is 19.8 Å². The topological polar surface area (TPSA) is 92.1 Å². The number of hydrogen-bond acceptors (Lipinski definition) is 6. The van der Waals surface area contributed by atoms with E-state index in [2.05, 4.69) is 20.2 Å². The van der Waals surface area contributed by atoms with Crippen LogP contribution in [-0.4, -0.2) is 37.4 Å². The lowest BCUT2D eigenvalue weighted by Gasteiger charge is -2.25. The summed E-state index contributed by atoms with van der Waals surface area (Å²) < 4.78 is 57.0. The molecule has 2 atom stereocenters. The Balaban J connectivity index is 1.72. The SMILES string of the molecule is CC1=NOC2C(F)=C(Nc3ccc(I)cc3F)C(NS(=O)(=O)C3CC3)=NC12. The molecule has 4 rings (SSSR count). The molecular weight excluding hydrogens is 493 g/mol. The number of dihydropyridines is 1. The molecule has 2 unspecified atom stereocenters. The molecule has 1 aromatic rings. The number of nitrogens with one attached hydrogen (secondary N) is 2. The predicted octanol–water partition coefficient (Wildman–Crippen LogP) is 2.66. The lowest BCUT2D eigenvalue weighted by molar-refractivity contribution is 0.0851. The molecular formula is C16H15F2IN4O3S. The molecule has 0 radical (unpaired) electrons. The number of nitrogens with zero attached hydrogens (tertiary/aromatic N) is 2. The average molecular weight is 508 g/mol. The number of halogens is 3. The summed E-state index contributed by atoms with van der Waals surface area (Å²) in [6.07, 6.45) is -0.0219. The molecule has 3 aliphatic rings. The van der Waals surface area contributed by atoms with E-state index in [9.17, 15) is 12.8 Å². The van der Waals surface area contributed by atoms with Gasteiger partial charge in [-0.25, -0.2) is 17.2 Å². The molecule has 0 aromatic heterocycles. The first-order valence-corrected chi connectivity index (χ1v) is 10.8. The molecule has 0 bridgehead atoms. The molecule has 11 heteroatoms. The van der Waals surface area contributed by atoms with Gasteiger partial charge in [-0.05, 0) is 60.6 Å². The Morgan fingerprint density at radius 1 is 1.30 bits per heavy atom. The highest BCUT2D eigenvalue weighted by atomic mass is 127. The number of oxime groups is 1. The molecule has 1 saturated carbocycles. The molecule has 2 N–H and O–H groups in total. The van der Waals surface area contributed by atoms with Gasteiger partial charge in [-0.3, -0.25) is 9.71 Å². The summed E-state index contributed by atoms with van der Waals surface area (Å²) in [4.78, 5) is 9.35. The number of amidine groups is 1. The summed E-state index contributed by atoms with van der Waals surface area (Å²) in [6.45, 7) is 1.62. The first kappa shape index (κ1) is 18.6. The highest BCUT2D eigenvalue weighted by Gasteiger charge is 2.44. The minimum absolute atomic E-state index is 0.00651. The largest absolute Gasteiger partial charge is 0.382 e. The second kappa shape index (κ2) is 6.69. The van der Waals surface area contributed by atoms with Gasteiger partial charge in [-0.1, -0.05) is 5.16 Å². The van der Waals surface area contributed by atoms with E-state index in [1.165, 1.54) is 12.1 Å². The molecule has 0 amide bonds. The van der Waals surface area contributed by atoms with E-state index in [0.717, 1.165) is 0 Å². The van der Waals surface area contributed by atoms with Crippen molar-refractivity contribution in [2.75, 3.05) is 5.32 Å². The van der Waals surface area contributed by atoms with Crippen molar-refractivity contribution in [2.45, 2.75) is 37.2 Å². The van der Waals surface area contributed by atoms with Crippen molar-refractivity contribution in [2.24, 2.45) is 10.1 Å². The summed E-state index contributed by atoms with van der Waals surface area (Å²) in [5, 5.41) is 5.84. The quantitative estimate of drug-likeness (QED) is 0.612. The maximum atomic E-state index is 15.1. The molecule has 1 aromatic carbocycles. The van der Waals surface area contributed by atoms with Gasteiger partial charge in [0.05, 0.1) is 16.6 Å². The molecule has 2 aliphatic heterocycles. The molecule has 0 spiro atoms. The highest BCUT2D eigenvalue weighted by Crippen LogP contribution is 2.33. The molecule has 144 valence electrons. The fourth-order valence-corrected chi connectivity index (χ4v) is 4.59. The number of hydrogen-bond donors (Lipinski definition) is 2. The van der Waals surface area contributed by atoms with E-state index in [-0.39, 0.29) is 17.2 Å². The van der Waals surface area contributed by atoms with Crippen LogP contribution in [0.4, 0.5) is 14.5 Å². The zero-order chi connectivity index (χ0) is 19.3. The van der Waals surface area contributed by atoms with E-state index in [0.29, 0.717) is 22.1 Å². The highest BCUT2D eigenvalue weighted by molar-refractivity contribution is 14.1. The van der Waals surface area contributed by atoms with Crippen LogP contribution in [0.2, 0.25) is 0 Å². The van der Waals surface area contributed by atoms with Crippen molar-refractivity contribution in [3.05, 3.63) is 39.1 Å². The Morgan fingerprint density at radius 2 is 2.04 bits per heavy atom. The Bertz CT molecular complexity index is 1000. The van der Waals surface area contributed by atoms with E-state index >= 15 is 4.39 Å². The smallest absolute Gasteiger partial charge is 0.236 e. The van der Waals surface area contributed by atoms with Crippen LogP contribution in [0, 0.1) is 9.39 Å². The van der Waals surface area contributed by atoms with Crippen LogP contribution in [0.5, 0.6) is 0 Å². The van der Waals surface area contributed by atoms with Crippen molar-refractivity contribution >= 4 is 49.8 Å². The van der Waals surface area contributed by atoms with Gasteiger partial charge in [0.15, 0.2) is 11.7 Å². The standard InChI is InChI=1S/C16H15F2IN4O3S/c1-7-13-15(26-22-7)12(18)14(20-11-5-2-8(19)6-10(11)17)16(21-13)23-27(24,25)9-3-4-9/h2,5-6,9,13,15,20H,3-4H2,1H3,(H,21,23). The minimum Gasteiger partial charge on any atom is -0.382 e. The fraction of sp³-hybridized carbons (Fsp3) is 0.375. The van der Waals surface area contributed by atoms with E-state index in [1.807, 2.05) is 22.6 Å². The normalized spacial score (nSPS) is 24.7. The van der Waals surface area contributed by atoms with Crippen molar-refractivity contribution in [3.8, 4) is 0 Å². The van der Waals surface area contributed by atoms with Gasteiger partial charge in [-0.2, -0.15) is 0 Å². The Morgan fingerprint density at radius 3 is 2.70 bits per heavy atom. The summed E-state index contributed by atoms with van der Waals surface area (Å²) in [7, 11) is -3.70. The van der Waals surface area contributed by atoms with Gasteiger partial charge in [0.2, 0.25) is 16.1 Å². The van der Waals surface area contributed by atoms with Crippen molar-refractivity contribution in [1.82, 2.24) is 4.72 Å². The third-order valence-electron chi connectivity index (χ3n) is 4.41. The predicted molar refractivity (Wildman–Crippen MR) is 105 cm³/mol. The molecule has 2 heterocycles. The van der Waals surface area contributed by atoms with Gasteiger partial charge in [0.25, 0.3) is 0 Å². The lowest BCUT2D eigenvalue weighted by atomic mass is 10.0. The third-order valence-corrected chi connectivity index (χ3v) is 6.91. The number of benzene rings is 1. The minimum atomic E-state index is -3.70. The van der Waals surface area contributed by atoms with Crippen molar-refractivity contribution in [1.29, 1.82) is 0 Å². The van der Waals surface area contributed by atoms with E-state index in [4.69, 9.17) is 4.84 Å². The first-order valence-electron chi connectivity index (χ1n) is 8.18. The van der Waals surface area contributed by atoms with Gasteiger partial charge < -0.3 is 10.2 Å². The number of anilines is 1. The van der Waals surface area contributed by atoms with Crippen LogP contribution >= 0.6 is 22.6 Å². The van der Waals surface area contributed by atoms with Gasteiger partial charge in [-0.15, -0.1) is 0 Å². The van der Waals surface area contributed by atoms with Gasteiger partial charge in [0, 0.05) is 3.57 Å². The number of fused-ring (bicyclic) bond motifs is 1. The summed E-state index contributed by atoms with van der Waals surface area (Å²) >= 11 is 1.95. The molecule has 27 heavy (non-hydrogen) atoms. The monoisotopic (exact) mass is 508 g/mol. The summed E-state index contributed by atoms with van der Waals surface area (Å²) in [5.74, 6) is -1.60. The Labute approximate surface area is 168 Å². The second-order valence-electron chi connectivity index (χ2n) is 6.50. The van der Waals surface area contributed by atoms with Gasteiger partial charge >= 0.3 is 0 Å². The van der Waals surface area contributed by atoms with E-state index < -0.39 is 39.1 Å². The third kappa shape index (κ3) is 3.53. The van der Waals surface area contributed by atoms with E-state index in [1.54, 1.807) is 13.0 Å².